The second-order valence-corrected chi connectivity index (χ2v) is 26.7. The van der Waals surface area contributed by atoms with Crippen molar-refractivity contribution in [1.82, 2.24) is 0 Å². The smallest absolute Gasteiger partial charge is 0.0737 e. The van der Waals surface area contributed by atoms with Gasteiger partial charge in [-0.25, -0.2) is 0 Å². The van der Waals surface area contributed by atoms with E-state index in [0.717, 1.165) is 34.1 Å². The molecule has 11 aromatic rings. The van der Waals surface area contributed by atoms with E-state index in [4.69, 9.17) is 0 Å². The Morgan fingerprint density at radius 1 is 0.266 bits per heavy atom. The highest BCUT2D eigenvalue weighted by Gasteiger charge is 2.53. The van der Waals surface area contributed by atoms with Crippen molar-refractivity contribution in [2.45, 2.75) is 110 Å². The van der Waals surface area contributed by atoms with Gasteiger partial charge in [0, 0.05) is 34.1 Å². The molecule has 0 bridgehead atoms. The minimum Gasteiger partial charge on any atom is -0.310 e. The molecule has 2 aliphatic carbocycles. The molecule has 0 aliphatic heterocycles. The van der Waals surface area contributed by atoms with Crippen LogP contribution in [0, 0.1) is 0 Å². The predicted octanol–water partition coefficient (Wildman–Crippen LogP) is 21.6. The molecule has 0 aromatic heterocycles. The Balaban J connectivity index is 1.04. The lowest BCUT2D eigenvalue weighted by Crippen LogP contribution is -2.26. The predicted molar refractivity (Wildman–Crippen MR) is 339 cm³/mol. The van der Waals surface area contributed by atoms with Gasteiger partial charge in [0.25, 0.3) is 0 Å². The molecule has 0 amide bonds. The van der Waals surface area contributed by atoms with Gasteiger partial charge in [-0.15, -0.1) is 0 Å². The van der Waals surface area contributed by atoms with Gasteiger partial charge < -0.3 is 9.80 Å². The minimum atomic E-state index is -0.612. The number of nitrogens with zero attached hydrogens (tertiary/aromatic N) is 2. The first-order chi connectivity index (χ1) is 37.7. The molecule has 79 heavy (non-hydrogen) atoms. The van der Waals surface area contributed by atoms with Crippen molar-refractivity contribution >= 4 is 66.4 Å². The average Bonchev–Trinajstić information content (AvgIpc) is 2.13. The van der Waals surface area contributed by atoms with Crippen LogP contribution in [0.3, 0.4) is 0 Å². The lowest BCUT2D eigenvalue weighted by Gasteiger charge is -2.33. The highest BCUT2D eigenvalue weighted by molar-refractivity contribution is 6.13. The molecule has 0 N–H and O–H groups in total. The molecule has 2 aliphatic rings. The molecule has 1 spiro atoms. The molecule has 0 atom stereocenters. The summed E-state index contributed by atoms with van der Waals surface area (Å²) in [6.07, 6.45) is 0. The molecule has 0 saturated heterocycles. The molecule has 0 heterocycles. The Bertz CT molecular complexity index is 3860. The van der Waals surface area contributed by atoms with Crippen LogP contribution in [0.25, 0.3) is 54.6 Å². The number of anilines is 6. The molecule has 0 unspecified atom stereocenters. The van der Waals surface area contributed by atoms with Crippen LogP contribution in [0.1, 0.15) is 128 Å². The monoisotopic (exact) mass is 1020 g/mol. The second kappa shape index (κ2) is 17.9. The largest absolute Gasteiger partial charge is 0.310 e. The first-order valence-electron chi connectivity index (χ1n) is 28.5. The van der Waals surface area contributed by atoms with Crippen LogP contribution in [0.15, 0.2) is 218 Å². The number of fused-ring (bicyclic) bond motifs is 16. The Hall–Kier alpha value is -8.20. The van der Waals surface area contributed by atoms with Crippen molar-refractivity contribution in [3.63, 3.8) is 0 Å². The molecule has 2 nitrogen and oxygen atoms in total. The Labute approximate surface area is 469 Å². The van der Waals surface area contributed by atoms with Crippen molar-refractivity contribution in [3.8, 4) is 22.3 Å². The normalized spacial score (nSPS) is 13.7. The maximum Gasteiger partial charge on any atom is 0.0737 e. The van der Waals surface area contributed by atoms with Crippen LogP contribution < -0.4 is 9.80 Å². The van der Waals surface area contributed by atoms with Gasteiger partial charge in [-0.1, -0.05) is 229 Å². The zero-order valence-electron chi connectivity index (χ0n) is 48.2. The van der Waals surface area contributed by atoms with Gasteiger partial charge in [-0.05, 0) is 194 Å². The van der Waals surface area contributed by atoms with Crippen LogP contribution in [-0.4, -0.2) is 0 Å². The van der Waals surface area contributed by atoms with E-state index < -0.39 is 5.41 Å². The summed E-state index contributed by atoms with van der Waals surface area (Å²) >= 11 is 0. The Morgan fingerprint density at radius 2 is 0.620 bits per heavy atom. The van der Waals surface area contributed by atoms with Gasteiger partial charge >= 0.3 is 0 Å². The van der Waals surface area contributed by atoms with E-state index >= 15 is 0 Å². The van der Waals surface area contributed by atoms with Gasteiger partial charge in [0.15, 0.2) is 0 Å². The van der Waals surface area contributed by atoms with Crippen LogP contribution >= 0.6 is 0 Å². The van der Waals surface area contributed by atoms with Crippen LogP contribution in [0.5, 0.6) is 0 Å². The maximum atomic E-state index is 2.46. The summed E-state index contributed by atoms with van der Waals surface area (Å²) in [6.45, 7) is 27.5. The fourth-order valence-electron chi connectivity index (χ4n) is 13.2. The third-order valence-electron chi connectivity index (χ3n) is 17.5. The molecule has 2 heteroatoms. The van der Waals surface area contributed by atoms with Crippen LogP contribution in [0.2, 0.25) is 0 Å². The zero-order chi connectivity index (χ0) is 55.0. The van der Waals surface area contributed by atoms with E-state index in [2.05, 4.69) is 311 Å². The molecule has 0 radical (unpaired) electrons. The number of benzene rings is 11. The van der Waals surface area contributed by atoms with Gasteiger partial charge in [-0.2, -0.15) is 0 Å². The number of rotatable bonds is 6. The molecular weight excluding hydrogens is 953 g/mol. The van der Waals surface area contributed by atoms with Crippen molar-refractivity contribution < 1.29 is 0 Å². The molecule has 11 aromatic carbocycles. The Morgan fingerprint density at radius 3 is 1.03 bits per heavy atom. The van der Waals surface area contributed by atoms with Gasteiger partial charge in [0.2, 0.25) is 0 Å². The summed E-state index contributed by atoms with van der Waals surface area (Å²) in [5.41, 5.74) is 22.3. The quantitative estimate of drug-likeness (QED) is 0.164. The van der Waals surface area contributed by atoms with E-state index in [1.165, 1.54) is 99.1 Å². The minimum absolute atomic E-state index is 0.0458. The van der Waals surface area contributed by atoms with Crippen molar-refractivity contribution in [2.75, 3.05) is 9.80 Å². The first-order valence-corrected chi connectivity index (χ1v) is 28.5. The number of hydrogen-bond acceptors (Lipinski definition) is 2. The van der Waals surface area contributed by atoms with E-state index in [9.17, 15) is 0 Å². The van der Waals surface area contributed by atoms with Crippen LogP contribution in [-0.2, 0) is 27.1 Å². The lowest BCUT2D eigenvalue weighted by molar-refractivity contribution is 0.590. The first kappa shape index (κ1) is 50.3. The maximum absolute atomic E-state index is 2.46. The van der Waals surface area contributed by atoms with Gasteiger partial charge in [-0.3, -0.25) is 0 Å². The van der Waals surface area contributed by atoms with E-state index in [-0.39, 0.29) is 21.7 Å². The highest BCUT2D eigenvalue weighted by Crippen LogP contribution is 2.66. The fraction of sp³-hybridized carbons (Fsp3) is 0.221. The van der Waals surface area contributed by atoms with Crippen molar-refractivity contribution in [2.24, 2.45) is 0 Å². The standard InChI is InChI=1S/C77H72N2/c1-73(2,3)52-24-32-56(33-25-52)78(57-34-26-53(27-35-57)74(4,5)6)60-40-44-63-50(47-60)21-42-65-66-43-22-51-48-61(79(58-36-28-54(29-37-58)75(7,8)9)59-38-30-55(31-39-59)76(10,11)12)41-45-64(51)72(66)77(71(63)65)68-20-16-15-19-67(68)70-62-18-14-13-17-49(62)23-46-69(70)77/h13-48H,1-12H3. The zero-order valence-corrected chi connectivity index (χ0v) is 48.2. The second-order valence-electron chi connectivity index (χ2n) is 26.7. The van der Waals surface area contributed by atoms with Crippen molar-refractivity contribution in [1.29, 1.82) is 0 Å². The molecule has 0 fully saturated rings. The molecule has 0 saturated carbocycles. The summed E-state index contributed by atoms with van der Waals surface area (Å²) in [5, 5.41) is 7.53. The third-order valence-corrected chi connectivity index (χ3v) is 17.5. The average molecular weight is 1030 g/mol. The van der Waals surface area contributed by atoms with Crippen LogP contribution in [0.4, 0.5) is 34.1 Å². The van der Waals surface area contributed by atoms with E-state index in [0.29, 0.717) is 0 Å². The summed E-state index contributed by atoms with van der Waals surface area (Å²) in [5.74, 6) is 0. The fourth-order valence-corrected chi connectivity index (χ4v) is 13.2. The van der Waals surface area contributed by atoms with E-state index in [1.807, 2.05) is 0 Å². The Kier molecular flexibility index (Phi) is 11.4. The molecular formula is C77H72N2. The summed E-state index contributed by atoms with van der Waals surface area (Å²) in [6, 6.07) is 84.1. The number of hydrogen-bond donors (Lipinski definition) is 0. The van der Waals surface area contributed by atoms with Crippen molar-refractivity contribution in [3.05, 3.63) is 263 Å². The SMILES string of the molecule is CC(C)(C)c1ccc(N(c2ccc(C(C)(C)C)cc2)c2ccc3c4c(ccc3c2)-c2ccc3cc(N(c5ccc(C(C)(C)C)cc5)c5ccc(C(C)(C)C)cc5)ccc3c2C42c3ccccc3-c3c2ccc2ccccc32)cc1. The van der Waals surface area contributed by atoms with E-state index in [1.54, 1.807) is 0 Å². The van der Waals surface area contributed by atoms with Gasteiger partial charge in [0.05, 0.1) is 5.41 Å². The topological polar surface area (TPSA) is 6.48 Å². The third kappa shape index (κ3) is 8.12. The lowest BCUT2D eigenvalue weighted by atomic mass is 9.68. The summed E-state index contributed by atoms with van der Waals surface area (Å²) in [7, 11) is 0. The summed E-state index contributed by atoms with van der Waals surface area (Å²) < 4.78 is 0. The summed E-state index contributed by atoms with van der Waals surface area (Å²) in [4.78, 5) is 4.88. The molecule has 13 rings (SSSR count). The highest BCUT2D eigenvalue weighted by atomic mass is 15.1. The molecule has 390 valence electrons. The van der Waals surface area contributed by atoms with Gasteiger partial charge in [0.1, 0.15) is 0 Å².